The summed E-state index contributed by atoms with van der Waals surface area (Å²) in [5.41, 5.74) is 0. The van der Waals surface area contributed by atoms with Crippen LogP contribution in [-0.2, 0) is 19.1 Å². The first-order chi connectivity index (χ1) is 8.74. The summed E-state index contributed by atoms with van der Waals surface area (Å²) in [4.78, 5) is 22.7. The second-order valence-corrected chi connectivity index (χ2v) is 5.00. The molecule has 2 fully saturated rings. The molecule has 102 valence electrons. The monoisotopic (exact) mass is 255 g/mol. The van der Waals surface area contributed by atoms with Crippen molar-refractivity contribution in [1.82, 2.24) is 5.32 Å². The maximum atomic E-state index is 11.7. The van der Waals surface area contributed by atoms with Crippen molar-refractivity contribution in [3.63, 3.8) is 0 Å². The van der Waals surface area contributed by atoms with Crippen LogP contribution in [0.25, 0.3) is 0 Å². The Hall–Kier alpha value is -0.940. The summed E-state index contributed by atoms with van der Waals surface area (Å²) in [5, 5.41) is 2.96. The third-order valence-electron chi connectivity index (χ3n) is 3.53. The maximum Gasteiger partial charge on any atom is 0.246 e. The van der Waals surface area contributed by atoms with E-state index in [9.17, 15) is 9.59 Å². The van der Waals surface area contributed by atoms with Gasteiger partial charge >= 0.3 is 0 Å². The second-order valence-electron chi connectivity index (χ2n) is 5.00. The van der Waals surface area contributed by atoms with Crippen molar-refractivity contribution >= 4 is 11.7 Å². The molecule has 2 rings (SSSR count). The first kappa shape index (κ1) is 13.5. The van der Waals surface area contributed by atoms with Gasteiger partial charge in [0.1, 0.15) is 12.4 Å². The molecule has 1 amide bonds. The molecule has 0 aromatic heterocycles. The summed E-state index contributed by atoms with van der Waals surface area (Å²) < 4.78 is 10.8. The Morgan fingerprint density at radius 1 is 1.22 bits per heavy atom. The molecule has 5 heteroatoms. The number of Topliss-reactive ketones (excluding diaryl/α,β-unsaturated/α-hetero) is 1. The SMILES string of the molecule is O=C1CCC(OCC(=O)NC2CCOCC2)CC1. The number of amides is 1. The normalized spacial score (nSPS) is 23.0. The number of ketones is 1. The quantitative estimate of drug-likeness (QED) is 0.807. The van der Waals surface area contributed by atoms with Crippen molar-refractivity contribution in [3.8, 4) is 0 Å². The van der Waals surface area contributed by atoms with Crippen molar-refractivity contribution in [1.29, 1.82) is 0 Å². The topological polar surface area (TPSA) is 64.6 Å². The molecule has 0 radical (unpaired) electrons. The van der Waals surface area contributed by atoms with E-state index < -0.39 is 0 Å². The molecule has 1 N–H and O–H groups in total. The van der Waals surface area contributed by atoms with Gasteiger partial charge < -0.3 is 14.8 Å². The summed E-state index contributed by atoms with van der Waals surface area (Å²) in [7, 11) is 0. The molecule has 1 heterocycles. The zero-order valence-electron chi connectivity index (χ0n) is 10.7. The Balaban J connectivity index is 1.60. The summed E-state index contributed by atoms with van der Waals surface area (Å²) in [5.74, 6) is 0.250. The van der Waals surface area contributed by atoms with Crippen molar-refractivity contribution in [2.45, 2.75) is 50.7 Å². The molecule has 0 aromatic rings. The first-order valence-electron chi connectivity index (χ1n) is 6.74. The minimum atomic E-state index is -0.0567. The van der Waals surface area contributed by atoms with Crippen LogP contribution >= 0.6 is 0 Å². The lowest BCUT2D eigenvalue weighted by atomic mass is 9.96. The van der Waals surface area contributed by atoms with E-state index in [0.717, 1.165) is 38.9 Å². The molecule has 2 aliphatic rings. The Bertz CT molecular complexity index is 289. The number of rotatable bonds is 4. The van der Waals surface area contributed by atoms with Crippen LogP contribution in [0.4, 0.5) is 0 Å². The Labute approximate surface area is 107 Å². The van der Waals surface area contributed by atoms with E-state index in [4.69, 9.17) is 9.47 Å². The van der Waals surface area contributed by atoms with Gasteiger partial charge in [-0.25, -0.2) is 0 Å². The summed E-state index contributed by atoms with van der Waals surface area (Å²) in [6, 6.07) is 0.225. The number of ether oxygens (including phenoxy) is 2. The summed E-state index contributed by atoms with van der Waals surface area (Å²) >= 11 is 0. The molecule has 18 heavy (non-hydrogen) atoms. The highest BCUT2D eigenvalue weighted by molar-refractivity contribution is 5.79. The smallest absolute Gasteiger partial charge is 0.246 e. The van der Waals surface area contributed by atoms with E-state index in [1.807, 2.05) is 0 Å². The van der Waals surface area contributed by atoms with E-state index >= 15 is 0 Å². The van der Waals surface area contributed by atoms with Gasteiger partial charge in [0.25, 0.3) is 0 Å². The van der Waals surface area contributed by atoms with Gasteiger partial charge in [-0.1, -0.05) is 0 Å². The fourth-order valence-electron chi connectivity index (χ4n) is 2.38. The Kier molecular flexibility index (Phi) is 5.13. The molecule has 1 saturated heterocycles. The highest BCUT2D eigenvalue weighted by Crippen LogP contribution is 2.17. The van der Waals surface area contributed by atoms with E-state index in [-0.39, 0.29) is 24.7 Å². The van der Waals surface area contributed by atoms with Crippen LogP contribution in [0.15, 0.2) is 0 Å². The fraction of sp³-hybridized carbons (Fsp3) is 0.846. The molecule has 0 atom stereocenters. The second kappa shape index (κ2) is 6.85. The lowest BCUT2D eigenvalue weighted by molar-refractivity contribution is -0.131. The van der Waals surface area contributed by atoms with E-state index in [1.54, 1.807) is 0 Å². The summed E-state index contributed by atoms with van der Waals surface area (Å²) in [6.07, 6.45) is 4.52. The van der Waals surface area contributed by atoms with Crippen LogP contribution in [0.2, 0.25) is 0 Å². The average Bonchev–Trinajstić information content (AvgIpc) is 2.39. The molecule has 1 saturated carbocycles. The number of carbonyl (C=O) groups is 2. The van der Waals surface area contributed by atoms with Crippen LogP contribution in [-0.4, -0.2) is 43.7 Å². The third kappa shape index (κ3) is 4.38. The minimum absolute atomic E-state index is 0.0567. The molecule has 0 bridgehead atoms. The maximum absolute atomic E-state index is 11.7. The number of nitrogens with one attached hydrogen (secondary N) is 1. The van der Waals surface area contributed by atoms with Crippen molar-refractivity contribution in [3.05, 3.63) is 0 Å². The van der Waals surface area contributed by atoms with E-state index in [2.05, 4.69) is 5.32 Å². The number of carbonyl (C=O) groups excluding carboxylic acids is 2. The van der Waals surface area contributed by atoms with Crippen molar-refractivity contribution < 1.29 is 19.1 Å². The van der Waals surface area contributed by atoms with Crippen molar-refractivity contribution in [2.24, 2.45) is 0 Å². The van der Waals surface area contributed by atoms with Crippen LogP contribution in [0.3, 0.4) is 0 Å². The highest BCUT2D eigenvalue weighted by Gasteiger charge is 2.21. The number of hydrogen-bond donors (Lipinski definition) is 1. The fourth-order valence-corrected chi connectivity index (χ4v) is 2.38. The van der Waals surface area contributed by atoms with Crippen LogP contribution in [0, 0.1) is 0 Å². The van der Waals surface area contributed by atoms with Gasteiger partial charge in [-0.3, -0.25) is 9.59 Å². The van der Waals surface area contributed by atoms with Gasteiger partial charge in [-0.15, -0.1) is 0 Å². The summed E-state index contributed by atoms with van der Waals surface area (Å²) in [6.45, 7) is 1.54. The van der Waals surface area contributed by atoms with Crippen LogP contribution < -0.4 is 5.32 Å². The van der Waals surface area contributed by atoms with Crippen LogP contribution in [0.1, 0.15) is 38.5 Å². The van der Waals surface area contributed by atoms with Crippen molar-refractivity contribution in [2.75, 3.05) is 19.8 Å². The molecular formula is C13H21NO4. The molecule has 0 unspecified atom stereocenters. The zero-order valence-corrected chi connectivity index (χ0v) is 10.7. The molecule has 0 spiro atoms. The van der Waals surface area contributed by atoms with Gasteiger partial charge in [0.2, 0.25) is 5.91 Å². The largest absolute Gasteiger partial charge is 0.381 e. The van der Waals surface area contributed by atoms with E-state index in [1.165, 1.54) is 0 Å². The third-order valence-corrected chi connectivity index (χ3v) is 3.53. The van der Waals surface area contributed by atoms with Gasteiger partial charge in [0.15, 0.2) is 0 Å². The molecule has 0 aromatic carbocycles. The van der Waals surface area contributed by atoms with E-state index in [0.29, 0.717) is 18.6 Å². The van der Waals surface area contributed by atoms with Gasteiger partial charge in [0, 0.05) is 32.1 Å². The Morgan fingerprint density at radius 2 is 1.89 bits per heavy atom. The lowest BCUT2D eigenvalue weighted by Crippen LogP contribution is -2.41. The Morgan fingerprint density at radius 3 is 2.56 bits per heavy atom. The predicted octanol–water partition coefficient (Wildman–Crippen LogP) is 0.810. The van der Waals surface area contributed by atoms with Gasteiger partial charge in [-0.05, 0) is 25.7 Å². The zero-order chi connectivity index (χ0) is 12.8. The number of hydrogen-bond acceptors (Lipinski definition) is 4. The molecule has 5 nitrogen and oxygen atoms in total. The predicted molar refractivity (Wildman–Crippen MR) is 65.2 cm³/mol. The van der Waals surface area contributed by atoms with Gasteiger partial charge in [0.05, 0.1) is 6.10 Å². The average molecular weight is 255 g/mol. The molecule has 1 aliphatic carbocycles. The minimum Gasteiger partial charge on any atom is -0.381 e. The van der Waals surface area contributed by atoms with Gasteiger partial charge in [-0.2, -0.15) is 0 Å². The first-order valence-corrected chi connectivity index (χ1v) is 6.74. The molecule has 1 aliphatic heterocycles. The van der Waals surface area contributed by atoms with Crippen LogP contribution in [0.5, 0.6) is 0 Å². The molecular weight excluding hydrogens is 234 g/mol. The lowest BCUT2D eigenvalue weighted by Gasteiger charge is -2.24. The standard InChI is InChI=1S/C13H21NO4/c15-11-1-3-12(4-2-11)18-9-13(16)14-10-5-7-17-8-6-10/h10,12H,1-9H2,(H,14,16). The highest BCUT2D eigenvalue weighted by atomic mass is 16.5.